The molecule has 0 aromatic carbocycles. The number of hydrogen-bond acceptors (Lipinski definition) is 4. The molecule has 0 N–H and O–H groups in total. The highest BCUT2D eigenvalue weighted by atomic mass is 16.5. The van der Waals surface area contributed by atoms with Gasteiger partial charge in [0.2, 0.25) is 0 Å². The number of likely N-dealkylation sites (tertiary alicyclic amines) is 1. The largest absolute Gasteiger partial charge is 0.364 e. The minimum Gasteiger partial charge on any atom is -0.364 e. The molecule has 2 heterocycles. The van der Waals surface area contributed by atoms with Gasteiger partial charge in [0.25, 0.3) is 0 Å². The molecule has 0 spiro atoms. The SMILES string of the molecule is CC(C)C(=O)c1conc1CCC1CCN(C)CC1. The fraction of sp³-hybridized carbons (Fsp3) is 0.733. The quantitative estimate of drug-likeness (QED) is 0.767. The molecule has 4 heteroatoms. The summed E-state index contributed by atoms with van der Waals surface area (Å²) in [7, 11) is 2.17. The van der Waals surface area contributed by atoms with Crippen molar-refractivity contribution in [1.82, 2.24) is 10.1 Å². The van der Waals surface area contributed by atoms with Gasteiger partial charge in [-0.2, -0.15) is 0 Å². The zero-order valence-electron chi connectivity index (χ0n) is 12.2. The number of carbonyl (C=O) groups is 1. The summed E-state index contributed by atoms with van der Waals surface area (Å²) in [4.78, 5) is 14.4. The fourth-order valence-electron chi connectivity index (χ4n) is 2.64. The van der Waals surface area contributed by atoms with Crippen LogP contribution in [0.5, 0.6) is 0 Å². The van der Waals surface area contributed by atoms with Crippen molar-refractivity contribution in [3.63, 3.8) is 0 Å². The third-order valence-electron chi connectivity index (χ3n) is 4.06. The molecule has 0 saturated carbocycles. The van der Waals surface area contributed by atoms with Gasteiger partial charge in [0.1, 0.15) is 6.26 Å². The summed E-state index contributed by atoms with van der Waals surface area (Å²) in [6, 6.07) is 0. The van der Waals surface area contributed by atoms with Gasteiger partial charge in [0.15, 0.2) is 5.78 Å². The van der Waals surface area contributed by atoms with E-state index in [-0.39, 0.29) is 11.7 Å². The number of rotatable bonds is 5. The molecule has 1 aliphatic heterocycles. The summed E-state index contributed by atoms with van der Waals surface area (Å²) in [5, 5.41) is 4.01. The minimum atomic E-state index is 0.00137. The first-order chi connectivity index (χ1) is 9.08. The third kappa shape index (κ3) is 3.66. The summed E-state index contributed by atoms with van der Waals surface area (Å²) in [5.41, 5.74) is 1.53. The lowest BCUT2D eigenvalue weighted by Crippen LogP contribution is -2.30. The van der Waals surface area contributed by atoms with E-state index in [1.165, 1.54) is 32.2 Å². The summed E-state index contributed by atoms with van der Waals surface area (Å²) in [6.45, 7) is 6.19. The Morgan fingerprint density at radius 2 is 2.16 bits per heavy atom. The number of Topliss-reactive ketones (excluding diaryl/α,β-unsaturated/α-hetero) is 1. The van der Waals surface area contributed by atoms with Crippen molar-refractivity contribution in [2.45, 2.75) is 39.5 Å². The van der Waals surface area contributed by atoms with E-state index in [0.717, 1.165) is 24.5 Å². The van der Waals surface area contributed by atoms with Crippen molar-refractivity contribution in [3.8, 4) is 0 Å². The number of nitrogens with zero attached hydrogens (tertiary/aromatic N) is 2. The first-order valence-corrected chi connectivity index (χ1v) is 7.24. The van der Waals surface area contributed by atoms with Gasteiger partial charge in [-0.25, -0.2) is 0 Å². The molecule has 2 rings (SSSR count). The molecule has 0 aliphatic carbocycles. The van der Waals surface area contributed by atoms with Crippen molar-refractivity contribution >= 4 is 5.78 Å². The number of aryl methyl sites for hydroxylation is 1. The molecular formula is C15H24N2O2. The smallest absolute Gasteiger partial charge is 0.170 e. The standard InChI is InChI=1S/C15H24N2O2/c1-11(2)15(18)13-10-19-16-14(13)5-4-12-6-8-17(3)9-7-12/h10-12H,4-9H2,1-3H3. The van der Waals surface area contributed by atoms with Gasteiger partial charge in [-0.15, -0.1) is 0 Å². The molecule has 1 aromatic heterocycles. The Morgan fingerprint density at radius 3 is 2.79 bits per heavy atom. The first kappa shape index (κ1) is 14.3. The highest BCUT2D eigenvalue weighted by molar-refractivity contribution is 5.98. The van der Waals surface area contributed by atoms with Gasteiger partial charge >= 0.3 is 0 Å². The van der Waals surface area contributed by atoms with Gasteiger partial charge in [-0.3, -0.25) is 4.79 Å². The van der Waals surface area contributed by atoms with Gasteiger partial charge < -0.3 is 9.42 Å². The normalized spacial score (nSPS) is 18.1. The lowest BCUT2D eigenvalue weighted by Gasteiger charge is -2.28. The minimum absolute atomic E-state index is 0.00137. The van der Waals surface area contributed by atoms with Crippen LogP contribution in [-0.2, 0) is 6.42 Å². The van der Waals surface area contributed by atoms with Gasteiger partial charge in [0, 0.05) is 5.92 Å². The molecule has 1 aliphatic rings. The molecule has 1 fully saturated rings. The summed E-state index contributed by atoms with van der Waals surface area (Å²) in [6.07, 6.45) is 5.98. The van der Waals surface area contributed by atoms with Crippen molar-refractivity contribution in [2.75, 3.05) is 20.1 Å². The summed E-state index contributed by atoms with van der Waals surface area (Å²) in [5.74, 6) is 0.899. The molecular weight excluding hydrogens is 240 g/mol. The first-order valence-electron chi connectivity index (χ1n) is 7.24. The molecule has 19 heavy (non-hydrogen) atoms. The van der Waals surface area contributed by atoms with Crippen LogP contribution in [0.2, 0.25) is 0 Å². The van der Waals surface area contributed by atoms with Crippen LogP contribution >= 0.6 is 0 Å². The molecule has 0 amide bonds. The molecule has 1 aromatic rings. The van der Waals surface area contributed by atoms with Crippen molar-refractivity contribution in [3.05, 3.63) is 17.5 Å². The maximum Gasteiger partial charge on any atom is 0.170 e. The Morgan fingerprint density at radius 1 is 1.47 bits per heavy atom. The van der Waals surface area contributed by atoms with Crippen LogP contribution < -0.4 is 0 Å². The zero-order valence-corrected chi connectivity index (χ0v) is 12.2. The Bertz CT molecular complexity index is 418. The average Bonchev–Trinajstić information content (AvgIpc) is 2.85. The number of hydrogen-bond donors (Lipinski definition) is 0. The van der Waals surface area contributed by atoms with Crippen LogP contribution in [0.15, 0.2) is 10.8 Å². The van der Waals surface area contributed by atoms with Gasteiger partial charge in [-0.05, 0) is 51.7 Å². The topological polar surface area (TPSA) is 46.3 Å². The van der Waals surface area contributed by atoms with E-state index in [4.69, 9.17) is 4.52 Å². The van der Waals surface area contributed by atoms with Crippen LogP contribution in [0.4, 0.5) is 0 Å². The van der Waals surface area contributed by atoms with Crippen molar-refractivity contribution < 1.29 is 9.32 Å². The highest BCUT2D eigenvalue weighted by Crippen LogP contribution is 2.23. The average molecular weight is 264 g/mol. The van der Waals surface area contributed by atoms with Gasteiger partial charge in [0.05, 0.1) is 11.3 Å². The molecule has 106 valence electrons. The maximum atomic E-state index is 12.0. The van der Waals surface area contributed by atoms with Crippen LogP contribution in [0, 0.1) is 11.8 Å². The summed E-state index contributed by atoms with van der Waals surface area (Å²) < 4.78 is 4.99. The van der Waals surface area contributed by atoms with E-state index in [2.05, 4.69) is 17.1 Å². The molecule has 0 unspecified atom stereocenters. The van der Waals surface area contributed by atoms with E-state index in [0.29, 0.717) is 5.56 Å². The lowest BCUT2D eigenvalue weighted by molar-refractivity contribution is 0.0937. The molecule has 0 radical (unpaired) electrons. The Hall–Kier alpha value is -1.16. The van der Waals surface area contributed by atoms with Crippen LogP contribution in [0.25, 0.3) is 0 Å². The Labute approximate surface area is 115 Å². The number of piperidine rings is 1. The third-order valence-corrected chi connectivity index (χ3v) is 4.06. The monoisotopic (exact) mass is 264 g/mol. The van der Waals surface area contributed by atoms with Gasteiger partial charge in [-0.1, -0.05) is 19.0 Å². The summed E-state index contributed by atoms with van der Waals surface area (Å²) >= 11 is 0. The fourth-order valence-corrected chi connectivity index (χ4v) is 2.64. The van der Waals surface area contributed by atoms with Crippen LogP contribution in [0.3, 0.4) is 0 Å². The number of ketones is 1. The van der Waals surface area contributed by atoms with E-state index < -0.39 is 0 Å². The highest BCUT2D eigenvalue weighted by Gasteiger charge is 2.21. The molecule has 4 nitrogen and oxygen atoms in total. The van der Waals surface area contributed by atoms with E-state index >= 15 is 0 Å². The second-order valence-electron chi connectivity index (χ2n) is 5.98. The predicted molar refractivity (Wildman–Crippen MR) is 74.2 cm³/mol. The van der Waals surface area contributed by atoms with Crippen LogP contribution in [-0.4, -0.2) is 36.0 Å². The van der Waals surface area contributed by atoms with Crippen molar-refractivity contribution in [1.29, 1.82) is 0 Å². The zero-order chi connectivity index (χ0) is 13.8. The lowest BCUT2D eigenvalue weighted by atomic mass is 9.90. The second kappa shape index (κ2) is 6.33. The second-order valence-corrected chi connectivity index (χ2v) is 5.98. The van der Waals surface area contributed by atoms with E-state index in [1.807, 2.05) is 13.8 Å². The maximum absolute atomic E-state index is 12.0. The Kier molecular flexibility index (Phi) is 4.75. The molecule has 1 saturated heterocycles. The predicted octanol–water partition coefficient (Wildman–Crippen LogP) is 2.79. The molecule has 0 bridgehead atoms. The number of aromatic nitrogens is 1. The van der Waals surface area contributed by atoms with Crippen LogP contribution in [0.1, 0.15) is 49.2 Å². The Balaban J connectivity index is 1.90. The van der Waals surface area contributed by atoms with E-state index in [1.54, 1.807) is 0 Å². The van der Waals surface area contributed by atoms with Crippen molar-refractivity contribution in [2.24, 2.45) is 11.8 Å². The molecule has 0 atom stereocenters. The number of carbonyl (C=O) groups excluding carboxylic acids is 1. The van der Waals surface area contributed by atoms with E-state index in [9.17, 15) is 4.79 Å².